The normalized spacial score (nSPS) is 16.9. The average Bonchev–Trinajstić information content (AvgIpc) is 2.77. The zero-order chi connectivity index (χ0) is 18.5. The van der Waals surface area contributed by atoms with Crippen LogP contribution < -0.4 is 0 Å². The number of hydrogen-bond donors (Lipinski definition) is 0. The first-order valence-electron chi connectivity index (χ1n) is 7.75. The van der Waals surface area contributed by atoms with Crippen LogP contribution in [-0.4, -0.2) is 35.9 Å². The number of allylic oxidation sites excluding steroid dienone is 4. The van der Waals surface area contributed by atoms with Crippen LogP contribution in [-0.2, 0) is 28.4 Å². The molecule has 0 atom stereocenters. The van der Waals surface area contributed by atoms with Gasteiger partial charge in [-0.05, 0) is 45.8 Å². The summed E-state index contributed by atoms with van der Waals surface area (Å²) in [5.74, 6) is 0. The summed E-state index contributed by atoms with van der Waals surface area (Å²) in [6.45, 7) is 15.0. The number of rotatable bonds is 6. The van der Waals surface area contributed by atoms with Crippen molar-refractivity contribution in [2.45, 2.75) is 68.2 Å². The van der Waals surface area contributed by atoms with Crippen LogP contribution in [0.1, 0.15) is 6.42 Å². The van der Waals surface area contributed by atoms with Gasteiger partial charge in [0.15, 0.2) is 8.32 Å². The van der Waals surface area contributed by atoms with E-state index in [0.717, 1.165) is 10.5 Å². The Labute approximate surface area is 154 Å². The van der Waals surface area contributed by atoms with Crippen LogP contribution in [0.3, 0.4) is 0 Å². The quantitative estimate of drug-likeness (QED) is 0.432. The average molecular weight is 574 g/mol. The van der Waals surface area contributed by atoms with Crippen molar-refractivity contribution in [3.05, 3.63) is 22.2 Å². The van der Waals surface area contributed by atoms with Gasteiger partial charge in [-0.15, -0.1) is 0 Å². The minimum absolute atomic E-state index is 0.747. The maximum atomic E-state index is 6.09. The standard InChI is InChI=1S/C7H24O3Si4.C5H5.3CH3.Pt/c1-12(2,3)9-14(6,7)10-13(4,5)8-11;1-2-4-5-3-1;;;;/h1-7,11H3;1-3H,4H2;3*1H3;. The molecule has 0 bridgehead atoms. The third-order valence-corrected chi connectivity index (χ3v) is 20.3. The minimum atomic E-state index is -1.97. The van der Waals surface area contributed by atoms with E-state index in [1.165, 1.54) is 6.42 Å². The van der Waals surface area contributed by atoms with Gasteiger partial charge in [0.2, 0.25) is 0 Å². The Kier molecular flexibility index (Phi) is 9.39. The molecular weight excluding hydrogens is 536 g/mol. The molecule has 0 N–H and O–H groups in total. The van der Waals surface area contributed by atoms with Crippen LogP contribution in [0, 0.1) is 0 Å². The number of hydrogen-bond acceptors (Lipinski definition) is 3. The first-order chi connectivity index (χ1) is 10.1. The van der Waals surface area contributed by atoms with Crippen molar-refractivity contribution in [3.63, 3.8) is 0 Å². The first kappa shape index (κ1) is 23.9. The van der Waals surface area contributed by atoms with Crippen molar-refractivity contribution in [3.8, 4) is 0 Å². The van der Waals surface area contributed by atoms with Crippen molar-refractivity contribution in [1.82, 2.24) is 0 Å². The topological polar surface area (TPSA) is 27.7 Å². The van der Waals surface area contributed by atoms with Gasteiger partial charge in [-0.3, -0.25) is 0 Å². The molecule has 0 radical (unpaired) electrons. The molecule has 0 aromatic heterocycles. The first-order valence-corrected chi connectivity index (χ1v) is 25.6. The second-order valence-electron chi connectivity index (χ2n) is 7.95. The van der Waals surface area contributed by atoms with Gasteiger partial charge < -0.3 is 12.3 Å². The molecule has 142 valence electrons. The van der Waals surface area contributed by atoms with Crippen molar-refractivity contribution in [2.75, 3.05) is 0 Å². The van der Waals surface area contributed by atoms with E-state index in [-0.39, 0.29) is 0 Å². The van der Waals surface area contributed by atoms with Crippen LogP contribution in [0.15, 0.2) is 22.2 Å². The molecule has 0 spiro atoms. The molecule has 0 aromatic rings. The van der Waals surface area contributed by atoms with E-state index in [4.69, 9.17) is 12.3 Å². The predicted octanol–water partition coefficient (Wildman–Crippen LogP) is 4.68. The van der Waals surface area contributed by atoms with Crippen LogP contribution in [0.4, 0.5) is 0 Å². The van der Waals surface area contributed by atoms with E-state index in [1.807, 2.05) is 0 Å². The fourth-order valence-electron chi connectivity index (χ4n) is 2.15. The van der Waals surface area contributed by atoms with Crippen LogP contribution in [0.25, 0.3) is 0 Å². The Morgan fingerprint density at radius 1 is 0.913 bits per heavy atom. The van der Waals surface area contributed by atoms with Gasteiger partial charge in [0, 0.05) is 0 Å². The van der Waals surface area contributed by atoms with E-state index in [2.05, 4.69) is 80.0 Å². The second kappa shape index (κ2) is 9.03. The molecule has 0 saturated carbocycles. The zero-order valence-corrected chi connectivity index (χ0v) is 24.3. The van der Waals surface area contributed by atoms with Gasteiger partial charge in [0.1, 0.15) is 10.5 Å². The molecule has 0 aromatic carbocycles. The third-order valence-electron chi connectivity index (χ3n) is 2.85. The second-order valence-corrected chi connectivity index (χ2v) is 32.7. The zero-order valence-electron chi connectivity index (χ0n) is 17.0. The third kappa shape index (κ3) is 12.0. The summed E-state index contributed by atoms with van der Waals surface area (Å²) in [6, 6.07) is 0. The summed E-state index contributed by atoms with van der Waals surface area (Å²) in [4.78, 5) is 0. The molecule has 0 amide bonds. The Morgan fingerprint density at radius 2 is 1.43 bits per heavy atom. The SMILES string of the molecule is C[Si](C)(C)O[Si](C)(C)O[Si](C)(C)O[SiH3].[CH3][Pt]([CH3])([CH3])[C]1=CC=CC1. The van der Waals surface area contributed by atoms with Crippen LogP contribution in [0.5, 0.6) is 0 Å². The van der Waals surface area contributed by atoms with Crippen molar-refractivity contribution < 1.29 is 28.4 Å². The Hall–Kier alpha value is 0.916. The van der Waals surface area contributed by atoms with Gasteiger partial charge in [-0.1, -0.05) is 0 Å². The molecule has 0 heterocycles. The van der Waals surface area contributed by atoms with Crippen molar-refractivity contribution >= 4 is 35.9 Å². The molecule has 8 heteroatoms. The van der Waals surface area contributed by atoms with Crippen molar-refractivity contribution in [1.29, 1.82) is 0 Å². The summed E-state index contributed by atoms with van der Waals surface area (Å²) >= 11 is -1.32. The molecule has 1 aliphatic carbocycles. The molecular formula is C15H38O3PtSi4. The van der Waals surface area contributed by atoms with Gasteiger partial charge in [-0.2, -0.15) is 0 Å². The maximum absolute atomic E-state index is 6.09. The molecule has 1 rings (SSSR count). The van der Waals surface area contributed by atoms with E-state index >= 15 is 0 Å². The molecule has 0 fully saturated rings. The van der Waals surface area contributed by atoms with E-state index in [9.17, 15) is 0 Å². The van der Waals surface area contributed by atoms with E-state index < -0.39 is 41.5 Å². The molecule has 0 unspecified atom stereocenters. The summed E-state index contributed by atoms with van der Waals surface area (Å²) < 4.78 is 19.4. The summed E-state index contributed by atoms with van der Waals surface area (Å²) in [7, 11) is -4.61. The van der Waals surface area contributed by atoms with Gasteiger partial charge in [-0.25, -0.2) is 0 Å². The van der Waals surface area contributed by atoms with Gasteiger partial charge >= 0.3 is 77.7 Å². The molecule has 23 heavy (non-hydrogen) atoms. The molecule has 0 aliphatic heterocycles. The molecule has 0 saturated heterocycles. The summed E-state index contributed by atoms with van der Waals surface area (Å²) in [5, 5.41) is 7.31. The monoisotopic (exact) mass is 573 g/mol. The fraction of sp³-hybridized carbons (Fsp3) is 0.733. The Morgan fingerprint density at radius 3 is 1.70 bits per heavy atom. The predicted molar refractivity (Wildman–Crippen MR) is 111 cm³/mol. The summed E-state index contributed by atoms with van der Waals surface area (Å²) in [6.07, 6.45) is 7.98. The van der Waals surface area contributed by atoms with Crippen LogP contribution >= 0.6 is 0 Å². The fourth-order valence-corrected chi connectivity index (χ4v) is 17.4. The van der Waals surface area contributed by atoms with Crippen LogP contribution in [0.2, 0.25) is 61.8 Å². The van der Waals surface area contributed by atoms with Crippen molar-refractivity contribution in [2.24, 2.45) is 0 Å². The van der Waals surface area contributed by atoms with Gasteiger partial charge in [0.25, 0.3) is 0 Å². The Bertz CT molecular complexity index is 435. The van der Waals surface area contributed by atoms with Gasteiger partial charge in [0.05, 0.1) is 0 Å². The van der Waals surface area contributed by atoms with E-state index in [0.29, 0.717) is 0 Å². The molecule has 1 aliphatic rings. The Balaban J connectivity index is 0.000000459. The van der Waals surface area contributed by atoms with E-state index in [1.54, 1.807) is 3.96 Å². The molecule has 3 nitrogen and oxygen atoms in total. The summed E-state index contributed by atoms with van der Waals surface area (Å²) in [5.41, 5.74) is 0.